The molecule has 1 amide bonds. The van der Waals surface area contributed by atoms with Gasteiger partial charge in [0.05, 0.1) is 0 Å². The second-order valence-corrected chi connectivity index (χ2v) is 5.62. The number of amides is 1. The van der Waals surface area contributed by atoms with Gasteiger partial charge in [-0.25, -0.2) is 0 Å². The van der Waals surface area contributed by atoms with Gasteiger partial charge < -0.3 is 5.32 Å². The summed E-state index contributed by atoms with van der Waals surface area (Å²) in [5, 5.41) is 2.88. The minimum Gasteiger partial charge on any atom is -0.328 e. The fraction of sp³-hybridized carbons (Fsp3) is 0.692. The second-order valence-electron chi connectivity index (χ2n) is 5.36. The zero-order valence-corrected chi connectivity index (χ0v) is 11.7. The van der Waals surface area contributed by atoms with Crippen molar-refractivity contribution in [2.24, 2.45) is 11.3 Å². The molecule has 0 aromatic carbocycles. The first-order valence-corrected chi connectivity index (χ1v) is 6.37. The molecule has 0 bridgehead atoms. The topological polar surface area (TPSA) is 33.5 Å². The van der Waals surface area contributed by atoms with Gasteiger partial charge in [0.15, 0.2) is 0 Å². The third-order valence-corrected chi connectivity index (χ3v) is 3.22. The Morgan fingerprint density at radius 2 is 2.29 bits per heavy atom. The van der Waals surface area contributed by atoms with Gasteiger partial charge in [-0.15, -0.1) is 11.6 Å². The molecule has 0 saturated heterocycles. The first-order valence-electron chi connectivity index (χ1n) is 5.83. The van der Waals surface area contributed by atoms with E-state index in [4.69, 9.17) is 11.6 Å². The highest BCUT2D eigenvalue weighted by atomic mass is 35.5. The Balaban J connectivity index is 3.06. The average molecular weight is 256 g/mol. The van der Waals surface area contributed by atoms with E-state index in [1.807, 2.05) is 0 Å². The van der Waals surface area contributed by atoms with Crippen LogP contribution in [0.4, 0.5) is 0 Å². The Hall–Kier alpha value is -1.01. The summed E-state index contributed by atoms with van der Waals surface area (Å²) in [7, 11) is 1.69. The Kier molecular flexibility index (Phi) is 4.59. The molecule has 1 aliphatic rings. The normalized spacial score (nSPS) is 22.8. The molecule has 4 heteroatoms. The minimum atomic E-state index is -0.165. The maximum absolute atomic E-state index is 11.4. The van der Waals surface area contributed by atoms with Gasteiger partial charge in [0.2, 0.25) is 5.91 Å². The fourth-order valence-corrected chi connectivity index (χ4v) is 2.55. The zero-order chi connectivity index (χ0) is 13.1. The molecule has 0 radical (unpaired) electrons. The number of nitrogens with one attached hydrogen (secondary N) is 1. The van der Waals surface area contributed by atoms with Crippen molar-refractivity contribution in [3.8, 4) is 6.07 Å². The van der Waals surface area contributed by atoms with Gasteiger partial charge in [0, 0.05) is 5.70 Å². The van der Waals surface area contributed by atoms with E-state index in [9.17, 15) is 4.79 Å². The molecule has 0 fully saturated rings. The molecule has 0 spiro atoms. The molecule has 1 N–H and O–H groups in total. The van der Waals surface area contributed by atoms with E-state index in [0.717, 1.165) is 24.1 Å². The second kappa shape index (κ2) is 5.55. The van der Waals surface area contributed by atoms with Gasteiger partial charge in [0.25, 0.3) is 7.05 Å². The van der Waals surface area contributed by atoms with E-state index in [-0.39, 0.29) is 17.2 Å². The summed E-state index contributed by atoms with van der Waals surface area (Å²) in [5.74, 6) is 0.171. The predicted octanol–water partition coefficient (Wildman–Crippen LogP) is 3.01. The van der Waals surface area contributed by atoms with Crippen LogP contribution in [0.2, 0.25) is 0 Å². The third-order valence-electron chi connectivity index (χ3n) is 2.98. The molecule has 0 heterocycles. The van der Waals surface area contributed by atoms with Crippen molar-refractivity contribution in [2.75, 3.05) is 12.9 Å². The summed E-state index contributed by atoms with van der Waals surface area (Å²) in [6.07, 6.45) is 1.91. The van der Waals surface area contributed by atoms with Crippen LogP contribution in [-0.2, 0) is 4.79 Å². The van der Waals surface area contributed by atoms with Crippen LogP contribution in [0, 0.1) is 17.4 Å². The van der Waals surface area contributed by atoms with Gasteiger partial charge in [-0.2, -0.15) is 0 Å². The van der Waals surface area contributed by atoms with E-state index in [1.54, 1.807) is 7.05 Å². The molecule has 1 aliphatic carbocycles. The largest absolute Gasteiger partial charge is 0.328 e. The lowest BCUT2D eigenvalue weighted by molar-refractivity contribution is -0.118. The number of hydrogen-bond donors (Lipinski definition) is 1. The lowest BCUT2D eigenvalue weighted by Gasteiger charge is -2.34. The van der Waals surface area contributed by atoms with Crippen LogP contribution >= 0.6 is 11.6 Å². The van der Waals surface area contributed by atoms with E-state index in [0.29, 0.717) is 5.92 Å². The van der Waals surface area contributed by atoms with E-state index in [2.05, 4.69) is 37.0 Å². The van der Waals surface area contributed by atoms with Crippen LogP contribution in [0.5, 0.6) is 0 Å². The number of carbonyl (C=O) groups is 1. The maximum Gasteiger partial charge on any atom is 0.308 e. The minimum absolute atomic E-state index is 0.0190. The molecule has 3 nitrogen and oxygen atoms in total. The molecule has 0 aromatic rings. The summed E-state index contributed by atoms with van der Waals surface area (Å²) >= 11 is 5.52. The lowest BCUT2D eigenvalue weighted by Crippen LogP contribution is -2.33. The molecule has 17 heavy (non-hydrogen) atoms. The molecule has 0 aromatic heterocycles. The van der Waals surface area contributed by atoms with Crippen molar-refractivity contribution >= 4 is 17.5 Å². The SMILES string of the molecule is C[N+]#CC1=C(NC(=O)CCl)CC(C)(C)CC1C. The van der Waals surface area contributed by atoms with E-state index >= 15 is 0 Å². The zero-order valence-electron chi connectivity index (χ0n) is 10.9. The Morgan fingerprint density at radius 1 is 1.65 bits per heavy atom. The molecular weight excluding hydrogens is 236 g/mol. The number of rotatable bonds is 2. The number of hydrogen-bond acceptors (Lipinski definition) is 1. The Bertz CT molecular complexity index is 401. The molecule has 0 saturated carbocycles. The quantitative estimate of drug-likeness (QED) is 0.756. The monoisotopic (exact) mass is 255 g/mol. The van der Waals surface area contributed by atoms with Crippen LogP contribution in [0.25, 0.3) is 4.85 Å². The molecule has 0 aliphatic heterocycles. The smallest absolute Gasteiger partial charge is 0.308 e. The summed E-state index contributed by atoms with van der Waals surface area (Å²) in [5.41, 5.74) is 2.11. The van der Waals surface area contributed by atoms with Crippen molar-refractivity contribution in [1.82, 2.24) is 5.32 Å². The third kappa shape index (κ3) is 3.74. The first-order chi connectivity index (χ1) is 7.89. The predicted molar refractivity (Wildman–Crippen MR) is 71.2 cm³/mol. The lowest BCUT2D eigenvalue weighted by atomic mass is 9.72. The van der Waals surface area contributed by atoms with Crippen molar-refractivity contribution in [3.05, 3.63) is 16.1 Å². The maximum atomic E-state index is 11.4. The summed E-state index contributed by atoms with van der Waals surface area (Å²) < 4.78 is 0. The van der Waals surface area contributed by atoms with Crippen LogP contribution in [-0.4, -0.2) is 18.8 Å². The molecular formula is C13H20ClN2O+. The first kappa shape index (κ1) is 14.1. The molecule has 1 atom stereocenters. The van der Waals surface area contributed by atoms with Gasteiger partial charge in [-0.3, -0.25) is 4.79 Å². The highest BCUT2D eigenvalue weighted by molar-refractivity contribution is 6.27. The standard InChI is InChI=1S/C13H19ClN2O/c1-9-5-13(2,3)6-11(10(9)8-15-4)16-12(17)7-14/h9H,5-7H2,1-4H3/p+1. The molecule has 1 unspecified atom stereocenters. The van der Waals surface area contributed by atoms with Crippen LogP contribution in [0.3, 0.4) is 0 Å². The van der Waals surface area contributed by atoms with Gasteiger partial charge >= 0.3 is 6.07 Å². The highest BCUT2D eigenvalue weighted by Gasteiger charge is 2.34. The van der Waals surface area contributed by atoms with Crippen LogP contribution in [0.15, 0.2) is 11.3 Å². The van der Waals surface area contributed by atoms with Crippen molar-refractivity contribution in [3.63, 3.8) is 0 Å². The number of allylic oxidation sites excluding steroid dienone is 2. The van der Waals surface area contributed by atoms with Crippen molar-refractivity contribution in [1.29, 1.82) is 0 Å². The molecule has 94 valence electrons. The summed E-state index contributed by atoms with van der Waals surface area (Å²) in [6.45, 7) is 6.55. The van der Waals surface area contributed by atoms with Crippen molar-refractivity contribution < 1.29 is 4.79 Å². The summed E-state index contributed by atoms with van der Waals surface area (Å²) in [6, 6.07) is 3.00. The number of alkyl halides is 1. The van der Waals surface area contributed by atoms with Crippen LogP contribution in [0.1, 0.15) is 33.6 Å². The van der Waals surface area contributed by atoms with Crippen molar-refractivity contribution in [2.45, 2.75) is 33.6 Å². The highest BCUT2D eigenvalue weighted by Crippen LogP contribution is 2.40. The number of nitrogens with zero attached hydrogens (tertiary/aromatic N) is 1. The Morgan fingerprint density at radius 3 is 2.82 bits per heavy atom. The average Bonchev–Trinajstić information content (AvgIpc) is 2.22. The van der Waals surface area contributed by atoms with Crippen LogP contribution < -0.4 is 5.32 Å². The van der Waals surface area contributed by atoms with Gasteiger partial charge in [-0.1, -0.05) is 25.6 Å². The number of halogens is 1. The Labute approximate surface area is 108 Å². The van der Waals surface area contributed by atoms with E-state index in [1.165, 1.54) is 0 Å². The van der Waals surface area contributed by atoms with Gasteiger partial charge in [-0.05, 0) is 24.2 Å². The number of carbonyl (C=O) groups excluding carboxylic acids is 1. The van der Waals surface area contributed by atoms with Gasteiger partial charge in [0.1, 0.15) is 11.5 Å². The van der Waals surface area contributed by atoms with E-state index < -0.39 is 0 Å². The summed E-state index contributed by atoms with van der Waals surface area (Å²) in [4.78, 5) is 15.4. The fourth-order valence-electron chi connectivity index (χ4n) is 2.49. The molecule has 1 rings (SSSR count).